The van der Waals surface area contributed by atoms with Gasteiger partial charge in [-0.05, 0) is 37.1 Å². The lowest BCUT2D eigenvalue weighted by molar-refractivity contribution is -0.126. The minimum atomic E-state index is -0.225. The lowest BCUT2D eigenvalue weighted by atomic mass is 10.2. The molecule has 0 unspecified atom stereocenters. The van der Waals surface area contributed by atoms with Gasteiger partial charge in [0, 0.05) is 9.79 Å². The molecule has 0 saturated carbocycles. The van der Waals surface area contributed by atoms with E-state index in [1.807, 2.05) is 62.4 Å². The maximum atomic E-state index is 11.8. The van der Waals surface area contributed by atoms with Crippen molar-refractivity contribution in [1.82, 2.24) is 10.9 Å². The molecule has 0 spiro atoms. The molecule has 0 radical (unpaired) electrons. The smallest absolute Gasteiger partial charge is 0.248 e. The fourth-order valence-corrected chi connectivity index (χ4v) is 3.59. The summed E-state index contributed by atoms with van der Waals surface area (Å²) >= 11 is 2.90. The van der Waals surface area contributed by atoms with Crippen LogP contribution in [0.4, 0.5) is 0 Å². The Hall–Kier alpha value is -1.92. The highest BCUT2D eigenvalue weighted by Crippen LogP contribution is 2.22. The van der Waals surface area contributed by atoms with Gasteiger partial charge >= 0.3 is 0 Å². The molecule has 2 N–H and O–H groups in total. The molecule has 2 aromatic carbocycles. The second-order valence-corrected chi connectivity index (χ2v) is 7.24. The van der Waals surface area contributed by atoms with Crippen molar-refractivity contribution in [3.05, 3.63) is 59.7 Å². The van der Waals surface area contributed by atoms with E-state index in [-0.39, 0.29) is 23.3 Å². The molecule has 0 aromatic heterocycles. The number of carbonyl (C=O) groups is 2. The zero-order valence-electron chi connectivity index (χ0n) is 13.7. The van der Waals surface area contributed by atoms with Gasteiger partial charge in [0.25, 0.3) is 0 Å². The predicted octanol–water partition coefficient (Wildman–Crippen LogP) is 3.34. The maximum Gasteiger partial charge on any atom is 0.248 e. The standard InChI is InChI=1S/C18H20N2O2S2/c1-13-7-3-5-9-15(13)23-11-17(21)19-20-18(22)12-24-16-10-6-4-8-14(16)2/h3-10H,11-12H2,1-2H3,(H,19,21)(H,20,22). The van der Waals surface area contributed by atoms with Crippen LogP contribution in [0.2, 0.25) is 0 Å². The van der Waals surface area contributed by atoms with Crippen molar-refractivity contribution in [2.75, 3.05) is 11.5 Å². The van der Waals surface area contributed by atoms with Crippen molar-refractivity contribution in [1.29, 1.82) is 0 Å². The molecule has 24 heavy (non-hydrogen) atoms. The average molecular weight is 361 g/mol. The molecule has 2 amide bonds. The first-order valence-electron chi connectivity index (χ1n) is 7.51. The lowest BCUT2D eigenvalue weighted by Crippen LogP contribution is -2.43. The van der Waals surface area contributed by atoms with Crippen molar-refractivity contribution in [2.24, 2.45) is 0 Å². The van der Waals surface area contributed by atoms with Gasteiger partial charge < -0.3 is 0 Å². The minimum Gasteiger partial charge on any atom is -0.272 e. The van der Waals surface area contributed by atoms with Crippen LogP contribution in [0.3, 0.4) is 0 Å². The summed E-state index contributed by atoms with van der Waals surface area (Å²) < 4.78 is 0. The summed E-state index contributed by atoms with van der Waals surface area (Å²) in [5.41, 5.74) is 7.17. The Kier molecular flexibility index (Phi) is 7.21. The third kappa shape index (κ3) is 5.94. The van der Waals surface area contributed by atoms with Crippen LogP contribution in [0.5, 0.6) is 0 Å². The summed E-state index contributed by atoms with van der Waals surface area (Å²) in [6.07, 6.45) is 0. The van der Waals surface area contributed by atoms with Gasteiger partial charge in [0.05, 0.1) is 11.5 Å². The number of benzene rings is 2. The SMILES string of the molecule is Cc1ccccc1SCC(=O)NNC(=O)CSc1ccccc1C. The van der Waals surface area contributed by atoms with Crippen LogP contribution in [0.15, 0.2) is 58.3 Å². The first kappa shape index (κ1) is 18.4. The molecule has 126 valence electrons. The van der Waals surface area contributed by atoms with E-state index < -0.39 is 0 Å². The Labute approximate surface area is 150 Å². The van der Waals surface area contributed by atoms with Crippen LogP contribution in [-0.2, 0) is 9.59 Å². The Morgan fingerprint density at radius 2 is 1.12 bits per heavy atom. The maximum absolute atomic E-state index is 11.8. The number of hydrazine groups is 1. The quantitative estimate of drug-likeness (QED) is 0.613. The second-order valence-electron chi connectivity index (χ2n) is 5.20. The van der Waals surface area contributed by atoms with Gasteiger partial charge in [-0.2, -0.15) is 0 Å². The fraction of sp³-hybridized carbons (Fsp3) is 0.222. The largest absolute Gasteiger partial charge is 0.272 e. The Morgan fingerprint density at radius 1 is 0.750 bits per heavy atom. The van der Waals surface area contributed by atoms with E-state index in [0.717, 1.165) is 20.9 Å². The number of hydrogen-bond acceptors (Lipinski definition) is 4. The second kappa shape index (κ2) is 9.39. The molecule has 0 heterocycles. The Balaban J connectivity index is 1.69. The van der Waals surface area contributed by atoms with Gasteiger partial charge in [0.15, 0.2) is 0 Å². The van der Waals surface area contributed by atoms with E-state index in [4.69, 9.17) is 0 Å². The van der Waals surface area contributed by atoms with E-state index >= 15 is 0 Å². The van der Waals surface area contributed by atoms with E-state index in [1.165, 1.54) is 23.5 Å². The summed E-state index contributed by atoms with van der Waals surface area (Å²) in [6.45, 7) is 4.01. The minimum absolute atomic E-state index is 0.225. The molecule has 4 nitrogen and oxygen atoms in total. The summed E-state index contributed by atoms with van der Waals surface area (Å²) in [6, 6.07) is 15.8. The van der Waals surface area contributed by atoms with Crippen LogP contribution in [0.25, 0.3) is 0 Å². The van der Waals surface area contributed by atoms with Crippen molar-refractivity contribution in [2.45, 2.75) is 23.6 Å². The number of thioether (sulfide) groups is 2. The van der Waals surface area contributed by atoms with Gasteiger partial charge in [-0.1, -0.05) is 36.4 Å². The third-order valence-corrected chi connectivity index (χ3v) is 5.60. The van der Waals surface area contributed by atoms with E-state index in [9.17, 15) is 9.59 Å². The highest BCUT2D eigenvalue weighted by Gasteiger charge is 2.08. The first-order chi connectivity index (χ1) is 11.6. The number of nitrogens with one attached hydrogen (secondary N) is 2. The molecule has 0 aliphatic rings. The molecule has 0 saturated heterocycles. The molecular weight excluding hydrogens is 340 g/mol. The first-order valence-corrected chi connectivity index (χ1v) is 9.48. The van der Waals surface area contributed by atoms with Crippen LogP contribution >= 0.6 is 23.5 Å². The monoisotopic (exact) mass is 360 g/mol. The van der Waals surface area contributed by atoms with E-state index in [1.54, 1.807) is 0 Å². The molecule has 0 atom stereocenters. The van der Waals surface area contributed by atoms with Gasteiger partial charge in [0.1, 0.15) is 0 Å². The molecule has 0 bridgehead atoms. The van der Waals surface area contributed by atoms with Gasteiger partial charge in [-0.3, -0.25) is 20.4 Å². The summed E-state index contributed by atoms with van der Waals surface area (Å²) in [4.78, 5) is 25.7. The van der Waals surface area contributed by atoms with Crippen molar-refractivity contribution >= 4 is 35.3 Å². The van der Waals surface area contributed by atoms with Crippen LogP contribution < -0.4 is 10.9 Å². The summed E-state index contributed by atoms with van der Waals surface area (Å²) in [7, 11) is 0. The number of rotatable bonds is 6. The fourth-order valence-electron chi connectivity index (χ4n) is 1.93. The Bertz CT molecular complexity index is 658. The van der Waals surface area contributed by atoms with Gasteiger partial charge in [-0.25, -0.2) is 0 Å². The number of hydrogen-bond donors (Lipinski definition) is 2. The van der Waals surface area contributed by atoms with Gasteiger partial charge in [-0.15, -0.1) is 23.5 Å². The lowest BCUT2D eigenvalue weighted by Gasteiger charge is -2.09. The summed E-state index contributed by atoms with van der Waals surface area (Å²) in [5, 5.41) is 0. The normalized spacial score (nSPS) is 10.2. The zero-order valence-corrected chi connectivity index (χ0v) is 15.3. The topological polar surface area (TPSA) is 58.2 Å². The highest BCUT2D eigenvalue weighted by molar-refractivity contribution is 8.00. The highest BCUT2D eigenvalue weighted by atomic mass is 32.2. The Morgan fingerprint density at radius 3 is 1.50 bits per heavy atom. The number of amides is 2. The zero-order chi connectivity index (χ0) is 17.4. The van der Waals surface area contributed by atoms with E-state index in [0.29, 0.717) is 0 Å². The van der Waals surface area contributed by atoms with Crippen LogP contribution in [-0.4, -0.2) is 23.3 Å². The van der Waals surface area contributed by atoms with Gasteiger partial charge in [0.2, 0.25) is 11.8 Å². The average Bonchev–Trinajstić information content (AvgIpc) is 2.58. The van der Waals surface area contributed by atoms with Crippen LogP contribution in [0, 0.1) is 13.8 Å². The molecule has 2 rings (SSSR count). The number of carbonyl (C=O) groups excluding carboxylic acids is 2. The third-order valence-electron chi connectivity index (χ3n) is 3.25. The molecule has 0 aliphatic heterocycles. The molecule has 0 aliphatic carbocycles. The molecule has 6 heteroatoms. The van der Waals surface area contributed by atoms with Crippen molar-refractivity contribution in [3.8, 4) is 0 Å². The van der Waals surface area contributed by atoms with Crippen molar-refractivity contribution < 1.29 is 9.59 Å². The predicted molar refractivity (Wildman–Crippen MR) is 100 cm³/mol. The number of aryl methyl sites for hydroxylation is 2. The molecule has 0 fully saturated rings. The molecular formula is C18H20N2O2S2. The van der Waals surface area contributed by atoms with Crippen LogP contribution in [0.1, 0.15) is 11.1 Å². The summed E-state index contributed by atoms with van der Waals surface area (Å²) in [5.74, 6) is 0.0709. The molecule has 2 aromatic rings. The van der Waals surface area contributed by atoms with Crippen molar-refractivity contribution in [3.63, 3.8) is 0 Å². The van der Waals surface area contributed by atoms with E-state index in [2.05, 4.69) is 10.9 Å².